The summed E-state index contributed by atoms with van der Waals surface area (Å²) in [4.78, 5) is 20.4. The molecular formula is C23H19N5OS. The molecule has 6 nitrogen and oxygen atoms in total. The number of benzene rings is 2. The van der Waals surface area contributed by atoms with Crippen molar-refractivity contribution in [2.75, 3.05) is 11.9 Å². The molecule has 1 N–H and O–H groups in total. The molecule has 0 unspecified atom stereocenters. The van der Waals surface area contributed by atoms with E-state index in [9.17, 15) is 4.79 Å². The van der Waals surface area contributed by atoms with Crippen LogP contribution in [0.4, 0.5) is 10.9 Å². The first kappa shape index (κ1) is 18.4. The zero-order valence-corrected chi connectivity index (χ0v) is 17.0. The maximum Gasteiger partial charge on any atom is 0.254 e. The van der Waals surface area contributed by atoms with Crippen molar-refractivity contribution in [1.29, 1.82) is 0 Å². The van der Waals surface area contributed by atoms with Gasteiger partial charge in [-0.25, -0.2) is 4.98 Å². The van der Waals surface area contributed by atoms with Crippen LogP contribution in [0.2, 0.25) is 0 Å². The molecule has 3 heterocycles. The Morgan fingerprint density at radius 3 is 2.43 bits per heavy atom. The van der Waals surface area contributed by atoms with Crippen LogP contribution in [-0.4, -0.2) is 32.5 Å². The Morgan fingerprint density at radius 1 is 0.933 bits per heavy atom. The Kier molecular flexibility index (Phi) is 4.94. The van der Waals surface area contributed by atoms with Crippen molar-refractivity contribution in [3.63, 3.8) is 0 Å². The lowest BCUT2D eigenvalue weighted by molar-refractivity contribution is 0.0736. The fraction of sp³-hybridized carbons (Fsp3) is 0.130. The maximum absolute atomic E-state index is 12.7. The molecular weight excluding hydrogens is 394 g/mol. The van der Waals surface area contributed by atoms with Crippen LogP contribution in [0.25, 0.3) is 11.3 Å². The number of anilines is 2. The Bertz CT molecular complexity index is 1160. The second-order valence-corrected chi connectivity index (χ2v) is 8.11. The molecule has 0 atom stereocenters. The van der Waals surface area contributed by atoms with Gasteiger partial charge < -0.3 is 10.2 Å². The molecule has 0 saturated carbocycles. The van der Waals surface area contributed by atoms with Gasteiger partial charge in [0.1, 0.15) is 0 Å². The van der Waals surface area contributed by atoms with E-state index in [1.165, 1.54) is 0 Å². The molecule has 148 valence electrons. The van der Waals surface area contributed by atoms with Gasteiger partial charge in [-0.2, -0.15) is 0 Å². The molecule has 0 aliphatic carbocycles. The number of fused-ring (bicyclic) bond motifs is 1. The zero-order valence-electron chi connectivity index (χ0n) is 16.2. The molecule has 0 radical (unpaired) electrons. The van der Waals surface area contributed by atoms with Gasteiger partial charge in [-0.15, -0.1) is 10.2 Å². The Hall–Kier alpha value is -3.58. The molecule has 0 spiro atoms. The van der Waals surface area contributed by atoms with Crippen LogP contribution >= 0.6 is 11.3 Å². The van der Waals surface area contributed by atoms with Crippen molar-refractivity contribution in [1.82, 2.24) is 20.1 Å². The second kappa shape index (κ2) is 8.04. The standard InChI is InChI=1S/C23H19N5OS/c29-22(17-9-5-2-6-10-17)28-14-13-19-20(15-28)30-23(24-19)25-21-12-11-18(26-27-21)16-7-3-1-4-8-16/h1-12H,13-15H2,(H,24,25,27). The van der Waals surface area contributed by atoms with E-state index in [4.69, 9.17) is 4.98 Å². The van der Waals surface area contributed by atoms with E-state index < -0.39 is 0 Å². The van der Waals surface area contributed by atoms with E-state index >= 15 is 0 Å². The van der Waals surface area contributed by atoms with E-state index in [1.54, 1.807) is 11.3 Å². The molecule has 4 aromatic rings. The topological polar surface area (TPSA) is 71.0 Å². The van der Waals surface area contributed by atoms with Gasteiger partial charge in [0.2, 0.25) is 0 Å². The highest BCUT2D eigenvalue weighted by atomic mass is 32.1. The first-order valence-electron chi connectivity index (χ1n) is 9.75. The summed E-state index contributed by atoms with van der Waals surface area (Å²) in [5, 5.41) is 12.6. The minimum atomic E-state index is 0.0616. The predicted molar refractivity (Wildman–Crippen MR) is 118 cm³/mol. The molecule has 0 saturated heterocycles. The lowest BCUT2D eigenvalue weighted by atomic mass is 10.1. The lowest BCUT2D eigenvalue weighted by Crippen LogP contribution is -2.35. The van der Waals surface area contributed by atoms with Crippen molar-refractivity contribution < 1.29 is 4.79 Å². The summed E-state index contributed by atoms with van der Waals surface area (Å²) < 4.78 is 0. The predicted octanol–water partition coefficient (Wildman–Crippen LogP) is 4.54. The molecule has 2 aromatic heterocycles. The highest BCUT2D eigenvalue weighted by Crippen LogP contribution is 2.30. The molecule has 7 heteroatoms. The molecule has 30 heavy (non-hydrogen) atoms. The maximum atomic E-state index is 12.7. The van der Waals surface area contributed by atoms with Gasteiger partial charge in [0.05, 0.1) is 17.9 Å². The Labute approximate surface area is 178 Å². The van der Waals surface area contributed by atoms with E-state index in [-0.39, 0.29) is 5.91 Å². The van der Waals surface area contributed by atoms with E-state index in [0.717, 1.165) is 38.9 Å². The van der Waals surface area contributed by atoms with Crippen molar-refractivity contribution in [3.05, 3.63) is 88.9 Å². The van der Waals surface area contributed by atoms with Crippen molar-refractivity contribution in [2.24, 2.45) is 0 Å². The van der Waals surface area contributed by atoms with Gasteiger partial charge in [-0.3, -0.25) is 4.79 Å². The summed E-state index contributed by atoms with van der Waals surface area (Å²) in [6, 6.07) is 23.2. The number of nitrogens with one attached hydrogen (secondary N) is 1. The molecule has 0 bridgehead atoms. The molecule has 0 fully saturated rings. The first-order valence-corrected chi connectivity index (χ1v) is 10.6. The van der Waals surface area contributed by atoms with Crippen LogP contribution in [0.5, 0.6) is 0 Å². The number of aromatic nitrogens is 3. The van der Waals surface area contributed by atoms with E-state index in [2.05, 4.69) is 15.5 Å². The number of carbonyl (C=O) groups excluding carboxylic acids is 1. The largest absolute Gasteiger partial charge is 0.333 e. The molecule has 2 aromatic carbocycles. The normalized spacial score (nSPS) is 13.0. The smallest absolute Gasteiger partial charge is 0.254 e. The van der Waals surface area contributed by atoms with Crippen LogP contribution in [0, 0.1) is 0 Å². The molecule has 5 rings (SSSR count). The van der Waals surface area contributed by atoms with E-state index in [0.29, 0.717) is 18.9 Å². The van der Waals surface area contributed by atoms with Crippen molar-refractivity contribution in [3.8, 4) is 11.3 Å². The van der Waals surface area contributed by atoms with Crippen LogP contribution in [0.1, 0.15) is 20.9 Å². The molecule has 1 amide bonds. The highest BCUT2D eigenvalue weighted by Gasteiger charge is 2.25. The fourth-order valence-corrected chi connectivity index (χ4v) is 4.49. The third-order valence-electron chi connectivity index (χ3n) is 5.01. The number of carbonyl (C=O) groups is 1. The number of thiazole rings is 1. The third-order valence-corrected chi connectivity index (χ3v) is 6.01. The lowest BCUT2D eigenvalue weighted by Gasteiger charge is -2.26. The van der Waals surface area contributed by atoms with Gasteiger partial charge in [0.25, 0.3) is 5.91 Å². The fourth-order valence-electron chi connectivity index (χ4n) is 3.46. The zero-order chi connectivity index (χ0) is 20.3. The third kappa shape index (κ3) is 3.79. The van der Waals surface area contributed by atoms with Crippen LogP contribution in [0.15, 0.2) is 72.8 Å². The Balaban J connectivity index is 1.28. The van der Waals surface area contributed by atoms with Gasteiger partial charge in [0, 0.05) is 29.0 Å². The quantitative estimate of drug-likeness (QED) is 0.532. The number of hydrogen-bond donors (Lipinski definition) is 1. The monoisotopic (exact) mass is 413 g/mol. The number of amides is 1. The highest BCUT2D eigenvalue weighted by molar-refractivity contribution is 7.15. The van der Waals surface area contributed by atoms with Crippen LogP contribution in [0.3, 0.4) is 0 Å². The van der Waals surface area contributed by atoms with Crippen molar-refractivity contribution in [2.45, 2.75) is 13.0 Å². The van der Waals surface area contributed by atoms with Gasteiger partial charge in [-0.05, 0) is 24.3 Å². The van der Waals surface area contributed by atoms with Gasteiger partial charge >= 0.3 is 0 Å². The number of rotatable bonds is 4. The summed E-state index contributed by atoms with van der Waals surface area (Å²) in [5.41, 5.74) is 3.63. The summed E-state index contributed by atoms with van der Waals surface area (Å²) in [6.07, 6.45) is 0.755. The second-order valence-electron chi connectivity index (χ2n) is 7.03. The van der Waals surface area contributed by atoms with Gasteiger partial charge in [-0.1, -0.05) is 59.9 Å². The average molecular weight is 414 g/mol. The summed E-state index contributed by atoms with van der Waals surface area (Å²) in [5.74, 6) is 0.713. The van der Waals surface area contributed by atoms with Gasteiger partial charge in [0.15, 0.2) is 10.9 Å². The number of nitrogens with zero attached hydrogens (tertiary/aromatic N) is 4. The Morgan fingerprint density at radius 2 is 1.70 bits per heavy atom. The minimum absolute atomic E-state index is 0.0616. The molecule has 1 aliphatic heterocycles. The van der Waals surface area contributed by atoms with Crippen LogP contribution in [-0.2, 0) is 13.0 Å². The summed E-state index contributed by atoms with van der Waals surface area (Å²) >= 11 is 1.56. The van der Waals surface area contributed by atoms with E-state index in [1.807, 2.05) is 77.7 Å². The first-order chi connectivity index (χ1) is 14.8. The van der Waals surface area contributed by atoms with Crippen molar-refractivity contribution >= 4 is 28.2 Å². The minimum Gasteiger partial charge on any atom is -0.333 e. The molecule has 1 aliphatic rings. The SMILES string of the molecule is O=C(c1ccccc1)N1CCc2nc(Nc3ccc(-c4ccccc4)nn3)sc2C1. The average Bonchev–Trinajstić information content (AvgIpc) is 3.21. The van der Waals surface area contributed by atoms with Crippen LogP contribution < -0.4 is 5.32 Å². The summed E-state index contributed by atoms with van der Waals surface area (Å²) in [6.45, 7) is 1.26. The number of hydrogen-bond acceptors (Lipinski definition) is 6. The summed E-state index contributed by atoms with van der Waals surface area (Å²) in [7, 11) is 0.